The molecule has 1 aromatic carbocycles. The van der Waals surface area contributed by atoms with Gasteiger partial charge in [0.25, 0.3) is 0 Å². The molecule has 2 unspecified atom stereocenters. The smallest absolute Gasteiger partial charge is 0.163 e. The van der Waals surface area contributed by atoms with E-state index >= 15 is 0 Å². The first-order valence-corrected chi connectivity index (χ1v) is 12.6. The third-order valence-corrected chi connectivity index (χ3v) is 11.2. The van der Waals surface area contributed by atoms with Crippen molar-refractivity contribution in [1.29, 1.82) is 0 Å². The van der Waals surface area contributed by atoms with Gasteiger partial charge in [0.15, 0.2) is 11.5 Å². The van der Waals surface area contributed by atoms with E-state index in [1.807, 2.05) is 0 Å². The van der Waals surface area contributed by atoms with E-state index in [-0.39, 0.29) is 5.41 Å². The molecule has 1 aromatic rings. The maximum atomic E-state index is 5.81. The van der Waals surface area contributed by atoms with Crippen molar-refractivity contribution in [3.63, 3.8) is 0 Å². The van der Waals surface area contributed by atoms with Crippen LogP contribution < -0.4 is 9.47 Å². The summed E-state index contributed by atoms with van der Waals surface area (Å²) in [7, 11) is 3.55. The van der Waals surface area contributed by atoms with Gasteiger partial charge in [-0.3, -0.25) is 0 Å². The van der Waals surface area contributed by atoms with Crippen LogP contribution in [0, 0.1) is 35.0 Å². The third kappa shape index (κ3) is 2.57. The van der Waals surface area contributed by atoms with Crippen LogP contribution in [0.2, 0.25) is 0 Å². The van der Waals surface area contributed by atoms with E-state index in [1.165, 1.54) is 62.5 Å². The van der Waals surface area contributed by atoms with Gasteiger partial charge in [0, 0.05) is 0 Å². The van der Waals surface area contributed by atoms with Gasteiger partial charge in [0.2, 0.25) is 0 Å². The molecule has 2 heteroatoms. The maximum Gasteiger partial charge on any atom is 0.163 e. The number of hydrogen-bond acceptors (Lipinski definition) is 2. The highest BCUT2D eigenvalue weighted by Gasteiger charge is 2.66. The third-order valence-electron chi connectivity index (χ3n) is 11.2. The van der Waals surface area contributed by atoms with Crippen molar-refractivity contribution < 1.29 is 9.47 Å². The van der Waals surface area contributed by atoms with Gasteiger partial charge in [0.05, 0.1) is 14.2 Å². The first kappa shape index (κ1) is 21.4. The first-order valence-electron chi connectivity index (χ1n) is 12.6. The van der Waals surface area contributed by atoms with Crippen molar-refractivity contribution in [2.75, 3.05) is 14.2 Å². The number of ether oxygens (including phenoxy) is 2. The van der Waals surface area contributed by atoms with E-state index in [1.54, 1.807) is 19.8 Å². The monoisotopic (exact) mass is 422 g/mol. The van der Waals surface area contributed by atoms with Gasteiger partial charge in [-0.15, -0.1) is 0 Å². The predicted molar refractivity (Wildman–Crippen MR) is 128 cm³/mol. The topological polar surface area (TPSA) is 18.5 Å². The molecule has 2 nitrogen and oxygen atoms in total. The molecule has 0 aliphatic heterocycles. The summed E-state index contributed by atoms with van der Waals surface area (Å²) < 4.78 is 11.6. The van der Waals surface area contributed by atoms with Crippen molar-refractivity contribution >= 4 is 0 Å². The summed E-state index contributed by atoms with van der Waals surface area (Å²) in [5, 5.41) is 0. The van der Waals surface area contributed by atoms with E-state index in [9.17, 15) is 0 Å². The lowest BCUT2D eigenvalue weighted by Gasteiger charge is -2.70. The average molecular weight is 423 g/mol. The summed E-state index contributed by atoms with van der Waals surface area (Å²) in [6.45, 7) is 12.7. The summed E-state index contributed by atoms with van der Waals surface area (Å²) in [5.74, 6) is 3.29. The molecule has 2 saturated carbocycles. The normalized spacial score (nSPS) is 43.3. The maximum absolute atomic E-state index is 5.81. The van der Waals surface area contributed by atoms with E-state index in [0.29, 0.717) is 16.2 Å². The zero-order valence-electron chi connectivity index (χ0n) is 20.9. The summed E-state index contributed by atoms with van der Waals surface area (Å²) >= 11 is 0. The quantitative estimate of drug-likeness (QED) is 0.462. The molecule has 4 aliphatic rings. The van der Waals surface area contributed by atoms with Crippen molar-refractivity contribution in [3.8, 4) is 11.5 Å². The molecule has 31 heavy (non-hydrogen) atoms. The highest BCUT2D eigenvalue weighted by molar-refractivity contribution is 5.57. The number of rotatable bonds is 2. The Bertz CT molecular complexity index is 931. The summed E-state index contributed by atoms with van der Waals surface area (Å²) in [6, 6.07) is 2.34. The van der Waals surface area contributed by atoms with E-state index < -0.39 is 0 Å². The minimum absolute atomic E-state index is 0.221. The number of fused-ring (bicyclic) bond motifs is 7. The van der Waals surface area contributed by atoms with Crippen LogP contribution >= 0.6 is 0 Å². The van der Waals surface area contributed by atoms with Crippen molar-refractivity contribution in [3.05, 3.63) is 34.9 Å². The fraction of sp³-hybridized carbons (Fsp3) is 0.724. The molecule has 0 amide bonds. The fourth-order valence-electron chi connectivity index (χ4n) is 9.18. The molecule has 4 aliphatic carbocycles. The second kappa shape index (κ2) is 6.78. The molecule has 0 N–H and O–H groups in total. The first-order chi connectivity index (χ1) is 14.6. The highest BCUT2D eigenvalue weighted by atomic mass is 16.5. The Kier molecular flexibility index (Phi) is 4.68. The summed E-state index contributed by atoms with van der Waals surface area (Å²) in [5.41, 5.74) is 5.86. The van der Waals surface area contributed by atoms with Crippen LogP contribution in [0.1, 0.15) is 89.3 Å². The van der Waals surface area contributed by atoms with Crippen LogP contribution in [-0.4, -0.2) is 14.2 Å². The van der Waals surface area contributed by atoms with Crippen LogP contribution in [-0.2, 0) is 11.8 Å². The predicted octanol–water partition coefficient (Wildman–Crippen LogP) is 7.41. The number of methoxy groups -OCH3 is 2. The number of benzene rings is 1. The largest absolute Gasteiger partial charge is 0.493 e. The molecule has 0 saturated heterocycles. The molecule has 0 heterocycles. The van der Waals surface area contributed by atoms with Crippen LogP contribution in [0.3, 0.4) is 0 Å². The molecule has 0 spiro atoms. The van der Waals surface area contributed by atoms with Crippen molar-refractivity contribution in [2.45, 2.75) is 91.4 Å². The molecular weight excluding hydrogens is 380 g/mol. The van der Waals surface area contributed by atoms with Gasteiger partial charge in [-0.25, -0.2) is 0 Å². The van der Waals surface area contributed by atoms with E-state index in [2.05, 4.69) is 52.8 Å². The summed E-state index contributed by atoms with van der Waals surface area (Å²) in [6.07, 6.45) is 15.6. The molecule has 6 atom stereocenters. The van der Waals surface area contributed by atoms with E-state index in [4.69, 9.17) is 9.47 Å². The summed E-state index contributed by atoms with van der Waals surface area (Å²) in [4.78, 5) is 0. The molecule has 0 radical (unpaired) electrons. The van der Waals surface area contributed by atoms with Gasteiger partial charge >= 0.3 is 0 Å². The van der Waals surface area contributed by atoms with Gasteiger partial charge in [-0.05, 0) is 115 Å². The zero-order valence-corrected chi connectivity index (χ0v) is 20.9. The lowest BCUT2D eigenvalue weighted by Crippen LogP contribution is -2.63. The van der Waals surface area contributed by atoms with Gasteiger partial charge in [0.1, 0.15) is 0 Å². The van der Waals surface area contributed by atoms with Gasteiger partial charge in [-0.1, -0.05) is 39.8 Å². The lowest BCUT2D eigenvalue weighted by molar-refractivity contribution is -0.177. The number of hydrogen-bond donors (Lipinski definition) is 0. The van der Waals surface area contributed by atoms with Crippen molar-refractivity contribution in [2.24, 2.45) is 28.1 Å². The van der Waals surface area contributed by atoms with E-state index in [0.717, 1.165) is 23.3 Å². The average Bonchev–Trinajstić information content (AvgIpc) is 2.75. The Morgan fingerprint density at radius 2 is 1.65 bits per heavy atom. The van der Waals surface area contributed by atoms with Gasteiger partial charge in [-0.2, -0.15) is 0 Å². The second-order valence-electron chi connectivity index (χ2n) is 12.2. The van der Waals surface area contributed by atoms with Crippen LogP contribution in [0.4, 0.5) is 0 Å². The Morgan fingerprint density at radius 3 is 2.35 bits per heavy atom. The van der Waals surface area contributed by atoms with Crippen LogP contribution in [0.25, 0.3) is 0 Å². The fourth-order valence-corrected chi connectivity index (χ4v) is 9.18. The standard InChI is InChI=1S/C29H42O2/c1-19-20-11-12-24-27(3,21(20)18-22(30-6)25(19)31-7)15-17-28(4)23-10-8-9-13-26(23,2)14-16-29(24,28)5/h8,10,18,23-24H,9,11-17H2,1-7H3/t23-,24?,26-,27+,28?,29-/m1/s1. The van der Waals surface area contributed by atoms with Crippen LogP contribution in [0.5, 0.6) is 11.5 Å². The molecule has 5 rings (SSSR count). The minimum atomic E-state index is 0.221. The zero-order chi connectivity index (χ0) is 22.2. The van der Waals surface area contributed by atoms with Crippen molar-refractivity contribution in [1.82, 2.24) is 0 Å². The number of allylic oxidation sites excluding steroid dienone is 2. The SMILES string of the molecule is COc1cc2c(c(C)c1OC)CCC1[C@@]2(C)CCC2(C)[C@@H]3C=CCC[C@]3(C)CC[C@]12C. The van der Waals surface area contributed by atoms with Gasteiger partial charge < -0.3 is 9.47 Å². The molecule has 2 fully saturated rings. The Balaban J connectivity index is 1.63. The lowest BCUT2D eigenvalue weighted by atomic mass is 9.34. The van der Waals surface area contributed by atoms with Crippen LogP contribution in [0.15, 0.2) is 18.2 Å². The molecular formula is C29H42O2. The Morgan fingerprint density at radius 1 is 0.903 bits per heavy atom. The minimum Gasteiger partial charge on any atom is -0.493 e. The second-order valence-corrected chi connectivity index (χ2v) is 12.2. The molecule has 0 bridgehead atoms. The molecule has 0 aromatic heterocycles. The Labute approximate surface area is 189 Å². The molecule has 170 valence electrons. The Hall–Kier alpha value is -1.44. The highest BCUT2D eigenvalue weighted by Crippen LogP contribution is 2.73.